The van der Waals surface area contributed by atoms with Crippen LogP contribution >= 0.6 is 22.9 Å². The third-order valence-corrected chi connectivity index (χ3v) is 3.87. The van der Waals surface area contributed by atoms with Crippen molar-refractivity contribution in [3.63, 3.8) is 0 Å². The van der Waals surface area contributed by atoms with Crippen LogP contribution in [0, 0.1) is 5.82 Å². The SMILES string of the molecule is O=C(Nc1ccc(F)c(Cl)c1)c1csc(-n2cccc2)n1. The van der Waals surface area contributed by atoms with E-state index in [4.69, 9.17) is 11.6 Å². The fourth-order valence-corrected chi connectivity index (χ4v) is 2.67. The highest BCUT2D eigenvalue weighted by Gasteiger charge is 2.12. The largest absolute Gasteiger partial charge is 0.321 e. The summed E-state index contributed by atoms with van der Waals surface area (Å²) in [6, 6.07) is 7.75. The number of rotatable bonds is 3. The first-order valence-corrected chi connectivity index (χ1v) is 7.24. The molecule has 0 atom stereocenters. The molecule has 0 saturated carbocycles. The van der Waals surface area contributed by atoms with Crippen molar-refractivity contribution in [3.8, 4) is 5.13 Å². The molecule has 0 unspecified atom stereocenters. The first-order chi connectivity index (χ1) is 10.1. The van der Waals surface area contributed by atoms with Crippen LogP contribution in [0.25, 0.3) is 5.13 Å². The summed E-state index contributed by atoms with van der Waals surface area (Å²) in [6.45, 7) is 0. The second-order valence-electron chi connectivity index (χ2n) is 4.19. The molecule has 1 N–H and O–H groups in total. The predicted octanol–water partition coefficient (Wildman–Crippen LogP) is 3.98. The minimum Gasteiger partial charge on any atom is -0.321 e. The summed E-state index contributed by atoms with van der Waals surface area (Å²) < 4.78 is 14.9. The third kappa shape index (κ3) is 2.96. The molecule has 0 radical (unpaired) electrons. The lowest BCUT2D eigenvalue weighted by atomic mass is 10.3. The van der Waals surface area contributed by atoms with Crippen LogP contribution < -0.4 is 5.32 Å². The van der Waals surface area contributed by atoms with E-state index in [1.54, 1.807) is 5.38 Å². The van der Waals surface area contributed by atoms with Crippen LogP contribution in [0.3, 0.4) is 0 Å². The number of thiazole rings is 1. The van der Waals surface area contributed by atoms with Crippen molar-refractivity contribution in [2.45, 2.75) is 0 Å². The molecule has 0 fully saturated rings. The van der Waals surface area contributed by atoms with Gasteiger partial charge in [-0.2, -0.15) is 0 Å². The lowest BCUT2D eigenvalue weighted by molar-refractivity contribution is 0.102. The molecule has 1 aromatic carbocycles. The summed E-state index contributed by atoms with van der Waals surface area (Å²) in [6.07, 6.45) is 3.69. The van der Waals surface area contributed by atoms with E-state index in [1.165, 1.54) is 29.5 Å². The summed E-state index contributed by atoms with van der Waals surface area (Å²) in [5.41, 5.74) is 0.714. The summed E-state index contributed by atoms with van der Waals surface area (Å²) >= 11 is 7.03. The highest BCUT2D eigenvalue weighted by atomic mass is 35.5. The van der Waals surface area contributed by atoms with Crippen molar-refractivity contribution in [1.29, 1.82) is 0 Å². The Balaban J connectivity index is 1.78. The van der Waals surface area contributed by atoms with Crippen LogP contribution in [-0.2, 0) is 0 Å². The van der Waals surface area contributed by atoms with E-state index < -0.39 is 5.82 Å². The number of nitrogens with zero attached hydrogens (tertiary/aromatic N) is 2. The number of carbonyl (C=O) groups is 1. The van der Waals surface area contributed by atoms with Crippen molar-refractivity contribution in [2.75, 3.05) is 5.32 Å². The number of carbonyl (C=O) groups excluding carboxylic acids is 1. The number of hydrogen-bond acceptors (Lipinski definition) is 3. The maximum absolute atomic E-state index is 13.1. The number of halogens is 2. The minimum atomic E-state index is -0.529. The molecule has 1 amide bonds. The maximum atomic E-state index is 13.1. The number of nitrogens with one attached hydrogen (secondary N) is 1. The molecule has 3 aromatic rings. The predicted molar refractivity (Wildman–Crippen MR) is 80.8 cm³/mol. The minimum absolute atomic E-state index is 0.0425. The quantitative estimate of drug-likeness (QED) is 0.793. The van der Waals surface area contributed by atoms with Crippen LogP contribution in [0.5, 0.6) is 0 Å². The molecule has 7 heteroatoms. The Morgan fingerprint density at radius 1 is 1.33 bits per heavy atom. The van der Waals surface area contributed by atoms with Gasteiger partial charge in [0, 0.05) is 23.5 Å². The molecule has 0 aliphatic rings. The number of anilines is 1. The van der Waals surface area contributed by atoms with Crippen LogP contribution in [0.4, 0.5) is 10.1 Å². The Hall–Kier alpha value is -2.18. The van der Waals surface area contributed by atoms with E-state index in [1.807, 2.05) is 29.1 Å². The van der Waals surface area contributed by atoms with Crippen molar-refractivity contribution < 1.29 is 9.18 Å². The topological polar surface area (TPSA) is 46.9 Å². The molecular weight excluding hydrogens is 313 g/mol. The number of aromatic nitrogens is 2. The van der Waals surface area contributed by atoms with E-state index in [0.29, 0.717) is 16.5 Å². The monoisotopic (exact) mass is 321 g/mol. The molecule has 2 aromatic heterocycles. The molecule has 0 saturated heterocycles. The molecule has 21 heavy (non-hydrogen) atoms. The van der Waals surface area contributed by atoms with Gasteiger partial charge in [0.2, 0.25) is 0 Å². The summed E-state index contributed by atoms with van der Waals surface area (Å²) in [4.78, 5) is 16.3. The van der Waals surface area contributed by atoms with E-state index in [-0.39, 0.29) is 10.9 Å². The molecule has 4 nitrogen and oxygen atoms in total. The Kier molecular flexibility index (Phi) is 3.72. The number of hydrogen-bond donors (Lipinski definition) is 1. The second-order valence-corrected chi connectivity index (χ2v) is 5.43. The first-order valence-electron chi connectivity index (χ1n) is 5.99. The van der Waals surface area contributed by atoms with Crippen LogP contribution in [0.1, 0.15) is 10.5 Å². The van der Waals surface area contributed by atoms with Gasteiger partial charge >= 0.3 is 0 Å². The smallest absolute Gasteiger partial charge is 0.275 e. The highest BCUT2D eigenvalue weighted by Crippen LogP contribution is 2.21. The second kappa shape index (κ2) is 5.67. The Morgan fingerprint density at radius 3 is 2.81 bits per heavy atom. The van der Waals surface area contributed by atoms with Gasteiger partial charge in [-0.15, -0.1) is 11.3 Å². The molecule has 0 bridgehead atoms. The van der Waals surface area contributed by atoms with Gasteiger partial charge in [-0.25, -0.2) is 9.37 Å². The van der Waals surface area contributed by atoms with Crippen LogP contribution in [0.15, 0.2) is 48.1 Å². The van der Waals surface area contributed by atoms with Crippen molar-refractivity contribution in [1.82, 2.24) is 9.55 Å². The van der Waals surface area contributed by atoms with E-state index in [2.05, 4.69) is 10.3 Å². The first kappa shape index (κ1) is 13.8. The average molecular weight is 322 g/mol. The van der Waals surface area contributed by atoms with Crippen LogP contribution in [-0.4, -0.2) is 15.5 Å². The molecule has 106 valence electrons. The molecule has 2 heterocycles. The van der Waals surface area contributed by atoms with E-state index in [0.717, 1.165) is 0 Å². The molecule has 0 aliphatic heterocycles. The van der Waals surface area contributed by atoms with Crippen molar-refractivity contribution in [3.05, 3.63) is 64.6 Å². The summed E-state index contributed by atoms with van der Waals surface area (Å²) in [7, 11) is 0. The van der Waals surface area contributed by atoms with Gasteiger partial charge < -0.3 is 9.88 Å². The van der Waals surface area contributed by atoms with E-state index in [9.17, 15) is 9.18 Å². The lowest BCUT2D eigenvalue weighted by Gasteiger charge is -2.04. The standard InChI is InChI=1S/C14H9ClFN3OS/c15-10-7-9(3-4-11(10)16)17-13(20)12-8-21-14(18-12)19-5-1-2-6-19/h1-8H,(H,17,20). The molecule has 0 spiro atoms. The Morgan fingerprint density at radius 2 is 2.10 bits per heavy atom. The summed E-state index contributed by atoms with van der Waals surface area (Å²) in [5.74, 6) is -0.898. The zero-order valence-corrected chi connectivity index (χ0v) is 12.2. The molecular formula is C14H9ClFN3OS. The number of amides is 1. The van der Waals surface area contributed by atoms with Gasteiger partial charge in [-0.3, -0.25) is 4.79 Å². The van der Waals surface area contributed by atoms with Gasteiger partial charge in [0.15, 0.2) is 5.13 Å². The average Bonchev–Trinajstić information content (AvgIpc) is 3.12. The fourth-order valence-electron chi connectivity index (χ4n) is 1.72. The van der Waals surface area contributed by atoms with Gasteiger partial charge in [-0.05, 0) is 30.3 Å². The van der Waals surface area contributed by atoms with Crippen molar-refractivity contribution >= 4 is 34.5 Å². The Labute approximate surface area is 128 Å². The molecule has 3 rings (SSSR count). The molecule has 0 aliphatic carbocycles. The highest BCUT2D eigenvalue weighted by molar-refractivity contribution is 7.12. The van der Waals surface area contributed by atoms with Crippen molar-refractivity contribution in [2.24, 2.45) is 0 Å². The summed E-state index contributed by atoms with van der Waals surface area (Å²) in [5, 5.41) is 4.95. The normalized spacial score (nSPS) is 10.6. The third-order valence-electron chi connectivity index (χ3n) is 2.73. The lowest BCUT2D eigenvalue weighted by Crippen LogP contribution is -2.12. The van der Waals surface area contributed by atoms with E-state index >= 15 is 0 Å². The zero-order chi connectivity index (χ0) is 14.8. The van der Waals surface area contributed by atoms with Gasteiger partial charge in [0.25, 0.3) is 5.91 Å². The van der Waals surface area contributed by atoms with Gasteiger partial charge in [-0.1, -0.05) is 11.6 Å². The number of benzene rings is 1. The van der Waals surface area contributed by atoms with Gasteiger partial charge in [0.1, 0.15) is 11.5 Å². The zero-order valence-electron chi connectivity index (χ0n) is 10.6. The fraction of sp³-hybridized carbons (Fsp3) is 0. The van der Waals surface area contributed by atoms with Gasteiger partial charge in [0.05, 0.1) is 5.02 Å². The Bertz CT molecular complexity index is 785. The van der Waals surface area contributed by atoms with Crippen LogP contribution in [0.2, 0.25) is 5.02 Å². The maximum Gasteiger partial charge on any atom is 0.275 e.